The summed E-state index contributed by atoms with van der Waals surface area (Å²) in [6, 6.07) is 3.73. The number of sulfonamides is 1. The molecule has 1 saturated heterocycles. The molecule has 0 radical (unpaired) electrons. The molecule has 10 heteroatoms. The Morgan fingerprint density at radius 3 is 2.75 bits per heavy atom. The average Bonchev–Trinajstić information content (AvgIpc) is 3.14. The zero-order valence-electron chi connectivity index (χ0n) is 17.9. The standard InChI is InChI=1S/C22H24FN4O3S2/c1-14-12-15(6-7-17(14)23)32(28,29)26-21-20-16-4-2-3-5-18(16)31-22(20)25-19(24-21)13-27-8-10-30-11-9-27/h6-7,12H,2-5,8-11,13H2,1H3/q-1/p+1. The van der Waals surface area contributed by atoms with Crippen LogP contribution in [0, 0.1) is 12.7 Å². The smallest absolute Gasteiger partial charge is 0.202 e. The van der Waals surface area contributed by atoms with Crippen LogP contribution in [0.5, 0.6) is 0 Å². The first-order valence-corrected chi connectivity index (χ1v) is 13.1. The number of aryl methyl sites for hydroxylation is 3. The number of nitrogens with one attached hydrogen (secondary N) is 1. The number of quaternary nitrogens is 1. The molecule has 170 valence electrons. The van der Waals surface area contributed by atoms with Gasteiger partial charge >= 0.3 is 0 Å². The Labute approximate surface area is 190 Å². The average molecular weight is 477 g/mol. The molecule has 2 aliphatic rings. The molecule has 0 atom stereocenters. The Morgan fingerprint density at radius 2 is 1.97 bits per heavy atom. The molecule has 1 aromatic carbocycles. The molecule has 3 aromatic rings. The number of nitrogens with zero attached hydrogens (tertiary/aromatic N) is 3. The van der Waals surface area contributed by atoms with Crippen molar-refractivity contribution < 1.29 is 22.4 Å². The van der Waals surface area contributed by atoms with Gasteiger partial charge in [-0.05, 0) is 67.8 Å². The van der Waals surface area contributed by atoms with Gasteiger partial charge in [-0.15, -0.1) is 11.3 Å². The van der Waals surface area contributed by atoms with Crippen molar-refractivity contribution in [2.75, 3.05) is 26.3 Å². The number of rotatable bonds is 5. The molecule has 3 heterocycles. The highest BCUT2D eigenvalue weighted by Gasteiger charge is 2.22. The third-order valence-electron chi connectivity index (χ3n) is 6.08. The van der Waals surface area contributed by atoms with E-state index in [1.807, 2.05) is 0 Å². The molecule has 1 fully saturated rings. The summed E-state index contributed by atoms with van der Waals surface area (Å²) in [5, 5.41) is 0.757. The lowest BCUT2D eigenvalue weighted by molar-refractivity contribution is -0.922. The van der Waals surface area contributed by atoms with Crippen molar-refractivity contribution in [2.45, 2.75) is 44.0 Å². The topological polar surface area (TPSA) is 87.7 Å². The van der Waals surface area contributed by atoms with Crippen LogP contribution in [0.15, 0.2) is 23.1 Å². The molecule has 7 nitrogen and oxygen atoms in total. The van der Waals surface area contributed by atoms with Crippen LogP contribution in [0.3, 0.4) is 0 Å². The number of hydrogen-bond acceptors (Lipinski definition) is 6. The third kappa shape index (κ3) is 4.24. The number of hydrogen-bond donors (Lipinski definition) is 1. The number of morpholine rings is 1. The third-order valence-corrected chi connectivity index (χ3v) is 8.53. The summed E-state index contributed by atoms with van der Waals surface area (Å²) in [6.45, 7) is 5.25. The first kappa shape index (κ1) is 21.7. The van der Waals surface area contributed by atoms with E-state index in [1.54, 1.807) is 11.3 Å². The second-order valence-corrected chi connectivity index (χ2v) is 11.1. The van der Waals surface area contributed by atoms with Crippen LogP contribution in [0.1, 0.15) is 34.7 Å². The first-order valence-electron chi connectivity index (χ1n) is 10.9. The van der Waals surface area contributed by atoms with E-state index in [0.29, 0.717) is 25.6 Å². The first-order chi connectivity index (χ1) is 15.4. The van der Waals surface area contributed by atoms with E-state index < -0.39 is 15.8 Å². The summed E-state index contributed by atoms with van der Waals surface area (Å²) < 4.78 is 49.6. The fourth-order valence-corrected chi connectivity index (χ4v) is 6.64. The minimum atomic E-state index is -4.05. The number of fused-ring (bicyclic) bond motifs is 3. The molecule has 5 rings (SSSR count). The maximum absolute atomic E-state index is 13.7. The van der Waals surface area contributed by atoms with E-state index in [1.165, 1.54) is 28.8 Å². The van der Waals surface area contributed by atoms with Crippen molar-refractivity contribution >= 4 is 37.4 Å². The second-order valence-electron chi connectivity index (χ2n) is 8.37. The fourth-order valence-electron chi connectivity index (χ4n) is 4.33. The largest absolute Gasteiger partial charge is 0.418 e. The monoisotopic (exact) mass is 476 g/mol. The Bertz CT molecular complexity index is 1270. The zero-order valence-corrected chi connectivity index (χ0v) is 19.5. The van der Waals surface area contributed by atoms with Crippen molar-refractivity contribution in [3.05, 3.63) is 50.6 Å². The quantitative estimate of drug-likeness (QED) is 0.612. The number of thiophene rings is 1. The zero-order chi connectivity index (χ0) is 22.3. The SMILES string of the molecule is Cc1cc(S(=O)(=O)[N-]c2nc(C[NH+]3CCOCC3)nc3sc4c(c23)CCCC4)ccc1F. The predicted molar refractivity (Wildman–Crippen MR) is 121 cm³/mol. The van der Waals surface area contributed by atoms with E-state index in [0.717, 1.165) is 60.6 Å². The van der Waals surface area contributed by atoms with E-state index in [-0.39, 0.29) is 16.3 Å². The van der Waals surface area contributed by atoms with Gasteiger partial charge in [-0.2, -0.15) is 0 Å². The lowest BCUT2D eigenvalue weighted by atomic mass is 9.97. The minimum Gasteiger partial charge on any atom is -0.418 e. The summed E-state index contributed by atoms with van der Waals surface area (Å²) in [6.07, 6.45) is 4.04. The van der Waals surface area contributed by atoms with Gasteiger partial charge in [0, 0.05) is 10.3 Å². The molecule has 0 unspecified atom stereocenters. The Hall–Kier alpha value is -2.14. The summed E-state index contributed by atoms with van der Waals surface area (Å²) >= 11 is 1.63. The highest BCUT2D eigenvalue weighted by Crippen LogP contribution is 2.42. The van der Waals surface area contributed by atoms with Gasteiger partial charge in [-0.3, -0.25) is 0 Å². The Balaban J connectivity index is 1.57. The van der Waals surface area contributed by atoms with Crippen molar-refractivity contribution in [3.8, 4) is 0 Å². The second kappa shape index (κ2) is 8.66. The highest BCUT2D eigenvalue weighted by molar-refractivity contribution is 7.94. The van der Waals surface area contributed by atoms with Crippen LogP contribution in [0.2, 0.25) is 0 Å². The normalized spacial score (nSPS) is 17.4. The lowest BCUT2D eigenvalue weighted by Gasteiger charge is -2.25. The van der Waals surface area contributed by atoms with Crippen LogP contribution < -0.4 is 4.90 Å². The number of ether oxygens (including phenoxy) is 1. The molecule has 1 aliphatic carbocycles. The maximum Gasteiger partial charge on any atom is 0.202 e. The molecular weight excluding hydrogens is 451 g/mol. The van der Waals surface area contributed by atoms with Crippen molar-refractivity contribution in [1.82, 2.24) is 9.97 Å². The summed E-state index contributed by atoms with van der Waals surface area (Å²) in [5.41, 5.74) is 1.39. The fraction of sp³-hybridized carbons (Fsp3) is 0.455. The summed E-state index contributed by atoms with van der Waals surface area (Å²) in [4.78, 5) is 12.8. The molecule has 0 bridgehead atoms. The van der Waals surface area contributed by atoms with Gasteiger partial charge < -0.3 is 19.3 Å². The van der Waals surface area contributed by atoms with Crippen molar-refractivity contribution in [2.24, 2.45) is 0 Å². The van der Waals surface area contributed by atoms with Gasteiger partial charge in [0.2, 0.25) is 10.0 Å². The van der Waals surface area contributed by atoms with Gasteiger partial charge in [0.1, 0.15) is 30.3 Å². The molecule has 1 aliphatic heterocycles. The highest BCUT2D eigenvalue weighted by atomic mass is 32.2. The van der Waals surface area contributed by atoms with Crippen LogP contribution in [-0.2, 0) is 34.1 Å². The predicted octanol–water partition coefficient (Wildman–Crippen LogP) is 2.83. The number of benzene rings is 1. The molecule has 0 amide bonds. The van der Waals surface area contributed by atoms with E-state index >= 15 is 0 Å². The van der Waals surface area contributed by atoms with E-state index in [2.05, 4.69) is 9.71 Å². The van der Waals surface area contributed by atoms with Crippen LogP contribution in [-0.4, -0.2) is 44.7 Å². The van der Waals surface area contributed by atoms with Gasteiger partial charge in [0.15, 0.2) is 0 Å². The summed E-state index contributed by atoms with van der Waals surface area (Å²) in [5.74, 6) is 0.354. The lowest BCUT2D eigenvalue weighted by Crippen LogP contribution is -3.12. The number of halogens is 1. The van der Waals surface area contributed by atoms with Crippen LogP contribution >= 0.6 is 11.3 Å². The molecule has 0 spiro atoms. The summed E-state index contributed by atoms with van der Waals surface area (Å²) in [7, 11) is -4.05. The van der Waals surface area contributed by atoms with Crippen molar-refractivity contribution in [3.63, 3.8) is 0 Å². The van der Waals surface area contributed by atoms with Gasteiger partial charge in [0.25, 0.3) is 0 Å². The Kier molecular flexibility index (Phi) is 5.87. The molecule has 0 saturated carbocycles. The van der Waals surface area contributed by atoms with Crippen LogP contribution in [0.25, 0.3) is 14.9 Å². The van der Waals surface area contributed by atoms with Gasteiger partial charge in [-0.25, -0.2) is 17.8 Å². The molecule has 2 aromatic heterocycles. The number of aromatic nitrogens is 2. The van der Waals surface area contributed by atoms with E-state index in [4.69, 9.17) is 9.72 Å². The van der Waals surface area contributed by atoms with Crippen molar-refractivity contribution in [1.29, 1.82) is 0 Å². The van der Waals surface area contributed by atoms with E-state index in [9.17, 15) is 12.8 Å². The van der Waals surface area contributed by atoms with Gasteiger partial charge in [-0.1, -0.05) is 0 Å². The molecule has 32 heavy (non-hydrogen) atoms. The molecular formula is C22H25FN4O3S2. The maximum atomic E-state index is 13.7. The van der Waals surface area contributed by atoms with Crippen LogP contribution in [0.4, 0.5) is 10.2 Å². The Morgan fingerprint density at radius 1 is 1.19 bits per heavy atom. The minimum absolute atomic E-state index is 0.0346. The van der Waals surface area contributed by atoms with Gasteiger partial charge in [0.05, 0.1) is 23.9 Å². The molecule has 1 N–H and O–H groups in total.